The largest absolute Gasteiger partial charge is 0.370 e. The monoisotopic (exact) mass is 230 g/mol. The molecule has 0 aliphatic heterocycles. The molecule has 0 aliphatic carbocycles. The van der Waals surface area contributed by atoms with Crippen molar-refractivity contribution in [1.82, 2.24) is 0 Å². The first-order valence-electron chi connectivity index (χ1n) is 6.49. The number of aryl methyl sites for hydroxylation is 1. The Kier molecular flexibility index (Phi) is 6.17. The summed E-state index contributed by atoms with van der Waals surface area (Å²) in [6.45, 7) is 4.27. The first-order valence-corrected chi connectivity index (χ1v) is 6.49. The molecule has 1 aromatic rings. The summed E-state index contributed by atoms with van der Waals surface area (Å²) in [6, 6.07) is 10.5. The lowest BCUT2D eigenvalue weighted by Gasteiger charge is -2.12. The quantitative estimate of drug-likeness (QED) is 0.710. The number of anilines is 1. The van der Waals surface area contributed by atoms with Gasteiger partial charge in [0, 0.05) is 5.69 Å². The van der Waals surface area contributed by atoms with E-state index < -0.39 is 0 Å². The smallest absolute Gasteiger partial charge is 0.114 e. The van der Waals surface area contributed by atoms with Crippen LogP contribution in [0.3, 0.4) is 0 Å². The van der Waals surface area contributed by atoms with Gasteiger partial charge in [0.05, 0.1) is 6.07 Å². The van der Waals surface area contributed by atoms with Gasteiger partial charge >= 0.3 is 0 Å². The van der Waals surface area contributed by atoms with Crippen LogP contribution in [0, 0.1) is 18.3 Å². The Hall–Kier alpha value is -1.49. The molecule has 0 aliphatic rings. The van der Waals surface area contributed by atoms with Crippen LogP contribution in [0.15, 0.2) is 24.3 Å². The Balaban J connectivity index is 2.36. The highest BCUT2D eigenvalue weighted by Gasteiger charge is 2.06. The molecule has 1 aromatic carbocycles. The third-order valence-corrected chi connectivity index (χ3v) is 2.89. The van der Waals surface area contributed by atoms with E-state index in [1.165, 1.54) is 24.8 Å². The second kappa shape index (κ2) is 7.73. The number of nitrogens with zero attached hydrogens (tertiary/aromatic N) is 1. The van der Waals surface area contributed by atoms with Gasteiger partial charge in [-0.15, -0.1) is 0 Å². The van der Waals surface area contributed by atoms with Crippen LogP contribution in [0.1, 0.15) is 44.6 Å². The molecule has 1 rings (SSSR count). The van der Waals surface area contributed by atoms with E-state index in [0.717, 1.165) is 18.5 Å². The Morgan fingerprint density at radius 2 is 1.88 bits per heavy atom. The summed E-state index contributed by atoms with van der Waals surface area (Å²) in [5.74, 6) is 0. The van der Waals surface area contributed by atoms with Crippen molar-refractivity contribution in [2.45, 2.75) is 52.0 Å². The van der Waals surface area contributed by atoms with Crippen molar-refractivity contribution in [3.63, 3.8) is 0 Å². The van der Waals surface area contributed by atoms with E-state index in [9.17, 15) is 0 Å². The molecule has 0 radical (unpaired) electrons. The van der Waals surface area contributed by atoms with Crippen molar-refractivity contribution in [3.05, 3.63) is 29.8 Å². The third kappa shape index (κ3) is 5.40. The van der Waals surface area contributed by atoms with E-state index in [4.69, 9.17) is 5.26 Å². The Morgan fingerprint density at radius 3 is 2.47 bits per heavy atom. The maximum absolute atomic E-state index is 9.09. The fraction of sp³-hybridized carbons (Fsp3) is 0.533. The van der Waals surface area contributed by atoms with Crippen LogP contribution >= 0.6 is 0 Å². The summed E-state index contributed by atoms with van der Waals surface area (Å²) in [6.07, 6.45) is 5.80. The van der Waals surface area contributed by atoms with Crippen LogP contribution in [-0.4, -0.2) is 6.04 Å². The van der Waals surface area contributed by atoms with E-state index in [1.807, 2.05) is 12.1 Å². The molecule has 0 aromatic heterocycles. The maximum Gasteiger partial charge on any atom is 0.114 e. The van der Waals surface area contributed by atoms with E-state index in [-0.39, 0.29) is 6.04 Å². The standard InChI is InChI=1S/C15H22N2/c1-3-4-5-6-7-15(12-16)17-14-10-8-13(2)9-11-14/h8-11,15,17H,3-7H2,1-2H3. The second-order valence-corrected chi connectivity index (χ2v) is 4.54. The molecule has 0 saturated heterocycles. The highest BCUT2D eigenvalue weighted by Crippen LogP contribution is 2.13. The van der Waals surface area contributed by atoms with Crippen LogP contribution in [0.25, 0.3) is 0 Å². The number of nitriles is 1. The second-order valence-electron chi connectivity index (χ2n) is 4.54. The molecule has 92 valence electrons. The normalized spacial score (nSPS) is 11.8. The molecule has 1 N–H and O–H groups in total. The molecular formula is C15H22N2. The summed E-state index contributed by atoms with van der Waals surface area (Å²) in [5.41, 5.74) is 2.28. The van der Waals surface area contributed by atoms with Gasteiger partial charge < -0.3 is 5.32 Å². The van der Waals surface area contributed by atoms with Gasteiger partial charge in [-0.25, -0.2) is 0 Å². The minimum absolute atomic E-state index is 0.0606. The predicted octanol–water partition coefficient (Wildman–Crippen LogP) is 4.27. The van der Waals surface area contributed by atoms with Gasteiger partial charge in [-0.05, 0) is 25.5 Å². The van der Waals surface area contributed by atoms with Crippen LogP contribution in [-0.2, 0) is 0 Å². The highest BCUT2D eigenvalue weighted by molar-refractivity contribution is 5.46. The number of nitrogens with one attached hydrogen (secondary N) is 1. The molecule has 0 fully saturated rings. The van der Waals surface area contributed by atoms with E-state index >= 15 is 0 Å². The van der Waals surface area contributed by atoms with Gasteiger partial charge in [0.25, 0.3) is 0 Å². The Labute approximate surface area is 105 Å². The number of hydrogen-bond acceptors (Lipinski definition) is 2. The van der Waals surface area contributed by atoms with E-state index in [2.05, 4.69) is 37.4 Å². The molecule has 0 bridgehead atoms. The van der Waals surface area contributed by atoms with Crippen LogP contribution in [0.2, 0.25) is 0 Å². The van der Waals surface area contributed by atoms with Crippen molar-refractivity contribution in [1.29, 1.82) is 5.26 Å². The lowest BCUT2D eigenvalue weighted by molar-refractivity contribution is 0.618. The molecular weight excluding hydrogens is 208 g/mol. The first-order chi connectivity index (χ1) is 8.26. The van der Waals surface area contributed by atoms with Gasteiger partial charge in [-0.2, -0.15) is 5.26 Å². The Morgan fingerprint density at radius 1 is 1.18 bits per heavy atom. The van der Waals surface area contributed by atoms with Gasteiger partial charge in [-0.1, -0.05) is 50.3 Å². The molecule has 0 heterocycles. The SMILES string of the molecule is CCCCCCC(C#N)Nc1ccc(C)cc1. The molecule has 17 heavy (non-hydrogen) atoms. The lowest BCUT2D eigenvalue weighted by Crippen LogP contribution is -2.16. The number of benzene rings is 1. The fourth-order valence-electron chi connectivity index (χ4n) is 1.80. The lowest BCUT2D eigenvalue weighted by atomic mass is 10.1. The summed E-state index contributed by atoms with van der Waals surface area (Å²) < 4.78 is 0. The number of unbranched alkanes of at least 4 members (excludes halogenated alkanes) is 3. The summed E-state index contributed by atoms with van der Waals surface area (Å²) in [7, 11) is 0. The average Bonchev–Trinajstić information content (AvgIpc) is 2.35. The van der Waals surface area contributed by atoms with E-state index in [0.29, 0.717) is 0 Å². The minimum Gasteiger partial charge on any atom is -0.370 e. The summed E-state index contributed by atoms with van der Waals surface area (Å²) >= 11 is 0. The van der Waals surface area contributed by atoms with Crippen LogP contribution in [0.4, 0.5) is 5.69 Å². The maximum atomic E-state index is 9.09. The zero-order valence-corrected chi connectivity index (χ0v) is 10.9. The topological polar surface area (TPSA) is 35.8 Å². The highest BCUT2D eigenvalue weighted by atomic mass is 14.9. The van der Waals surface area contributed by atoms with Crippen molar-refractivity contribution in [2.75, 3.05) is 5.32 Å². The number of rotatable bonds is 7. The predicted molar refractivity (Wildman–Crippen MR) is 73.0 cm³/mol. The molecule has 2 heteroatoms. The first kappa shape index (κ1) is 13.6. The average molecular weight is 230 g/mol. The molecule has 1 unspecified atom stereocenters. The van der Waals surface area contributed by atoms with Crippen molar-refractivity contribution in [2.24, 2.45) is 0 Å². The third-order valence-electron chi connectivity index (χ3n) is 2.89. The van der Waals surface area contributed by atoms with E-state index in [1.54, 1.807) is 0 Å². The molecule has 2 nitrogen and oxygen atoms in total. The molecule has 1 atom stereocenters. The zero-order valence-electron chi connectivity index (χ0n) is 10.9. The number of hydrogen-bond donors (Lipinski definition) is 1. The van der Waals surface area contributed by atoms with Crippen molar-refractivity contribution < 1.29 is 0 Å². The Bertz CT molecular complexity index is 348. The van der Waals surface area contributed by atoms with Gasteiger partial charge in [0.1, 0.15) is 6.04 Å². The molecule has 0 saturated carbocycles. The summed E-state index contributed by atoms with van der Waals surface area (Å²) in [5, 5.41) is 12.4. The minimum atomic E-state index is -0.0606. The molecule has 0 spiro atoms. The van der Waals surface area contributed by atoms with Crippen LogP contribution in [0.5, 0.6) is 0 Å². The van der Waals surface area contributed by atoms with Crippen molar-refractivity contribution in [3.8, 4) is 6.07 Å². The van der Waals surface area contributed by atoms with Gasteiger partial charge in [0.2, 0.25) is 0 Å². The summed E-state index contributed by atoms with van der Waals surface area (Å²) in [4.78, 5) is 0. The van der Waals surface area contributed by atoms with Gasteiger partial charge in [0.15, 0.2) is 0 Å². The van der Waals surface area contributed by atoms with Crippen LogP contribution < -0.4 is 5.32 Å². The van der Waals surface area contributed by atoms with Crippen molar-refractivity contribution >= 4 is 5.69 Å². The zero-order chi connectivity index (χ0) is 12.5. The fourth-order valence-corrected chi connectivity index (χ4v) is 1.80. The van der Waals surface area contributed by atoms with Gasteiger partial charge in [-0.3, -0.25) is 0 Å². The molecule has 0 amide bonds.